The van der Waals surface area contributed by atoms with E-state index in [9.17, 15) is 0 Å². The van der Waals surface area contributed by atoms with Gasteiger partial charge < -0.3 is 20.1 Å². The van der Waals surface area contributed by atoms with E-state index in [1.54, 1.807) is 14.2 Å². The van der Waals surface area contributed by atoms with Gasteiger partial charge in [-0.3, -0.25) is 0 Å². The Labute approximate surface area is 138 Å². The second-order valence-electron chi connectivity index (χ2n) is 5.62. The number of hydrogen-bond acceptors (Lipinski definition) is 4. The van der Waals surface area contributed by atoms with Crippen LogP contribution in [-0.4, -0.2) is 40.5 Å². The Morgan fingerprint density at radius 1 is 0.913 bits per heavy atom. The second kappa shape index (κ2) is 8.56. The summed E-state index contributed by atoms with van der Waals surface area (Å²) in [4.78, 5) is 2.28. The molecule has 0 saturated carbocycles. The molecule has 0 saturated heterocycles. The van der Waals surface area contributed by atoms with Crippen LogP contribution in [0.3, 0.4) is 0 Å². The maximum atomic E-state index is 6.03. The Kier molecular flexibility index (Phi) is 6.44. The van der Waals surface area contributed by atoms with Crippen LogP contribution in [0.4, 0.5) is 11.4 Å². The molecule has 0 spiro atoms. The Morgan fingerprint density at radius 3 is 2.09 bits per heavy atom. The van der Waals surface area contributed by atoms with Crippen LogP contribution in [0.2, 0.25) is 0 Å². The number of rotatable bonds is 8. The zero-order chi connectivity index (χ0) is 16.7. The number of hydrogen-bond donors (Lipinski definition) is 1. The molecule has 0 bridgehead atoms. The number of nitrogens with zero attached hydrogens (tertiary/aromatic N) is 1. The summed E-state index contributed by atoms with van der Waals surface area (Å²) >= 11 is 0. The quantitative estimate of drug-likeness (QED) is 0.759. The zero-order valence-electron chi connectivity index (χ0n) is 14.2. The monoisotopic (exact) mass is 314 g/mol. The number of anilines is 2. The number of ether oxygens (including phenoxy) is 2. The van der Waals surface area contributed by atoms with E-state index in [-0.39, 0.29) is 0 Å². The molecule has 23 heavy (non-hydrogen) atoms. The van der Waals surface area contributed by atoms with Crippen molar-refractivity contribution in [2.45, 2.75) is 6.92 Å². The average Bonchev–Trinajstić information content (AvgIpc) is 2.56. The molecule has 0 amide bonds. The van der Waals surface area contributed by atoms with Gasteiger partial charge in [-0.05, 0) is 30.7 Å². The molecule has 2 aromatic carbocycles. The lowest BCUT2D eigenvalue weighted by Gasteiger charge is -2.27. The minimum atomic E-state index is 0.668. The summed E-state index contributed by atoms with van der Waals surface area (Å²) in [6.07, 6.45) is 0. The molecule has 0 atom stereocenters. The van der Waals surface area contributed by atoms with Gasteiger partial charge in [-0.25, -0.2) is 0 Å². The predicted molar refractivity (Wildman–Crippen MR) is 97.0 cm³/mol. The molecule has 0 aromatic heterocycles. The summed E-state index contributed by atoms with van der Waals surface area (Å²) in [5.41, 5.74) is 11.5. The molecule has 0 aliphatic carbocycles. The minimum absolute atomic E-state index is 0.668. The van der Waals surface area contributed by atoms with Crippen molar-refractivity contribution in [3.8, 4) is 11.1 Å². The number of aryl methyl sites for hydroxylation is 1. The standard InChI is InChI=1S/C19H26N2O2/c1-15-4-6-16(7-5-15)18-14-17(20)8-9-19(18)21(10-12-22-2)11-13-23-3/h4-9,14H,10-13,20H2,1-3H3. The molecular formula is C19H26N2O2. The van der Waals surface area contributed by atoms with E-state index in [0.717, 1.165) is 35.6 Å². The SMILES string of the molecule is COCCN(CCOC)c1ccc(N)cc1-c1ccc(C)cc1. The first-order valence-corrected chi connectivity index (χ1v) is 7.85. The second-order valence-corrected chi connectivity index (χ2v) is 5.62. The van der Waals surface area contributed by atoms with Gasteiger partial charge in [-0.15, -0.1) is 0 Å². The fourth-order valence-electron chi connectivity index (χ4n) is 2.55. The molecule has 4 nitrogen and oxygen atoms in total. The Hall–Kier alpha value is -2.04. The fourth-order valence-corrected chi connectivity index (χ4v) is 2.55. The van der Waals surface area contributed by atoms with Crippen molar-refractivity contribution < 1.29 is 9.47 Å². The van der Waals surface area contributed by atoms with Crippen LogP contribution in [-0.2, 0) is 9.47 Å². The van der Waals surface area contributed by atoms with E-state index in [0.29, 0.717) is 13.2 Å². The number of nitrogens with two attached hydrogens (primary N) is 1. The molecule has 0 aliphatic rings. The van der Waals surface area contributed by atoms with Crippen LogP contribution in [0.25, 0.3) is 11.1 Å². The summed E-state index contributed by atoms with van der Waals surface area (Å²) in [6.45, 7) is 5.04. The van der Waals surface area contributed by atoms with Crippen LogP contribution in [0.1, 0.15) is 5.56 Å². The lowest BCUT2D eigenvalue weighted by atomic mass is 10.0. The summed E-state index contributed by atoms with van der Waals surface area (Å²) in [5, 5.41) is 0. The van der Waals surface area contributed by atoms with Crippen molar-refractivity contribution in [1.82, 2.24) is 0 Å². The van der Waals surface area contributed by atoms with Gasteiger partial charge in [-0.2, -0.15) is 0 Å². The summed E-state index contributed by atoms with van der Waals surface area (Å²) in [7, 11) is 3.44. The Balaban J connectivity index is 2.40. The van der Waals surface area contributed by atoms with Gasteiger partial charge in [0.2, 0.25) is 0 Å². The van der Waals surface area contributed by atoms with Crippen molar-refractivity contribution in [2.75, 3.05) is 51.2 Å². The largest absolute Gasteiger partial charge is 0.399 e. The summed E-state index contributed by atoms with van der Waals surface area (Å²) in [6, 6.07) is 14.6. The molecule has 2 N–H and O–H groups in total. The van der Waals surface area contributed by atoms with E-state index in [1.807, 2.05) is 12.1 Å². The molecule has 2 aromatic rings. The van der Waals surface area contributed by atoms with Crippen LogP contribution < -0.4 is 10.6 Å². The fraction of sp³-hybridized carbons (Fsp3) is 0.368. The minimum Gasteiger partial charge on any atom is -0.399 e. The molecule has 0 fully saturated rings. The average molecular weight is 314 g/mol. The van der Waals surface area contributed by atoms with E-state index in [1.165, 1.54) is 5.56 Å². The van der Waals surface area contributed by atoms with Crippen LogP contribution in [0.15, 0.2) is 42.5 Å². The van der Waals surface area contributed by atoms with Gasteiger partial charge in [0.25, 0.3) is 0 Å². The third kappa shape index (κ3) is 4.71. The van der Waals surface area contributed by atoms with E-state index < -0.39 is 0 Å². The van der Waals surface area contributed by atoms with Gasteiger partial charge >= 0.3 is 0 Å². The van der Waals surface area contributed by atoms with Gasteiger partial charge in [-0.1, -0.05) is 29.8 Å². The smallest absolute Gasteiger partial charge is 0.0637 e. The highest BCUT2D eigenvalue weighted by Crippen LogP contribution is 2.33. The summed E-state index contributed by atoms with van der Waals surface area (Å²) < 4.78 is 10.5. The number of nitrogen functional groups attached to an aromatic ring is 1. The lowest BCUT2D eigenvalue weighted by Crippen LogP contribution is -2.31. The molecular weight excluding hydrogens is 288 g/mol. The first-order chi connectivity index (χ1) is 11.2. The highest BCUT2D eigenvalue weighted by atomic mass is 16.5. The van der Waals surface area contributed by atoms with Gasteiger partial charge in [0.1, 0.15) is 0 Å². The maximum Gasteiger partial charge on any atom is 0.0637 e. The van der Waals surface area contributed by atoms with Crippen LogP contribution >= 0.6 is 0 Å². The molecule has 124 valence electrons. The first-order valence-electron chi connectivity index (χ1n) is 7.85. The lowest BCUT2D eigenvalue weighted by molar-refractivity contribution is 0.190. The molecule has 0 aliphatic heterocycles. The normalized spacial score (nSPS) is 10.7. The molecule has 4 heteroatoms. The van der Waals surface area contributed by atoms with Gasteiger partial charge in [0, 0.05) is 44.2 Å². The third-order valence-electron chi connectivity index (χ3n) is 3.85. The topological polar surface area (TPSA) is 47.7 Å². The molecule has 0 unspecified atom stereocenters. The van der Waals surface area contributed by atoms with Crippen LogP contribution in [0, 0.1) is 6.92 Å². The van der Waals surface area contributed by atoms with E-state index in [2.05, 4.69) is 42.2 Å². The Morgan fingerprint density at radius 2 is 1.52 bits per heavy atom. The molecule has 0 heterocycles. The van der Waals surface area contributed by atoms with Crippen molar-refractivity contribution in [2.24, 2.45) is 0 Å². The first kappa shape index (κ1) is 17.3. The molecule has 2 rings (SSSR count). The highest BCUT2D eigenvalue weighted by Gasteiger charge is 2.13. The van der Waals surface area contributed by atoms with Crippen molar-refractivity contribution in [3.63, 3.8) is 0 Å². The van der Waals surface area contributed by atoms with Gasteiger partial charge in [0.05, 0.1) is 13.2 Å². The van der Waals surface area contributed by atoms with Crippen LogP contribution in [0.5, 0.6) is 0 Å². The predicted octanol–water partition coefficient (Wildman–Crippen LogP) is 3.34. The Bertz CT molecular complexity index is 603. The molecule has 0 radical (unpaired) electrons. The number of methoxy groups -OCH3 is 2. The zero-order valence-corrected chi connectivity index (χ0v) is 14.2. The highest BCUT2D eigenvalue weighted by molar-refractivity contribution is 5.81. The van der Waals surface area contributed by atoms with Crippen molar-refractivity contribution >= 4 is 11.4 Å². The van der Waals surface area contributed by atoms with Crippen molar-refractivity contribution in [1.29, 1.82) is 0 Å². The maximum absolute atomic E-state index is 6.03. The van der Waals surface area contributed by atoms with Gasteiger partial charge in [0.15, 0.2) is 0 Å². The van der Waals surface area contributed by atoms with E-state index >= 15 is 0 Å². The van der Waals surface area contributed by atoms with E-state index in [4.69, 9.17) is 15.2 Å². The third-order valence-corrected chi connectivity index (χ3v) is 3.85. The summed E-state index contributed by atoms with van der Waals surface area (Å²) in [5.74, 6) is 0. The van der Waals surface area contributed by atoms with Crippen molar-refractivity contribution in [3.05, 3.63) is 48.0 Å². The number of benzene rings is 2.